The number of aromatic amines is 1. The van der Waals surface area contributed by atoms with E-state index in [0.717, 1.165) is 16.4 Å². The van der Waals surface area contributed by atoms with Crippen LogP contribution >= 0.6 is 0 Å². The summed E-state index contributed by atoms with van der Waals surface area (Å²) in [5, 5.41) is 2.39. The van der Waals surface area contributed by atoms with Crippen LogP contribution in [0.2, 0.25) is 0 Å². The van der Waals surface area contributed by atoms with Gasteiger partial charge in [-0.2, -0.15) is 24.4 Å². The monoisotopic (exact) mass is 325 g/mol. The molecule has 1 nitrogen and oxygen atoms in total. The zero-order chi connectivity index (χ0) is 11.4. The van der Waals surface area contributed by atoms with Crippen molar-refractivity contribution < 1.29 is 46.5 Å². The molecule has 2 aromatic rings. The second-order valence-electron chi connectivity index (χ2n) is 3.67. The SMILES string of the molecule is C=C1[C-]=c2ccccc2=C1.Cc1[c-][nH]cc1.[Cl-].[Cl-].[Ti+4]. The molecule has 0 amide bonds. The second-order valence-corrected chi connectivity index (χ2v) is 3.67. The van der Waals surface area contributed by atoms with Gasteiger partial charge in [-0.05, 0) is 0 Å². The van der Waals surface area contributed by atoms with Gasteiger partial charge in [0.2, 0.25) is 0 Å². The molecule has 3 rings (SSSR count). The smallest absolute Gasteiger partial charge is 1.00 e. The van der Waals surface area contributed by atoms with E-state index in [-0.39, 0.29) is 46.5 Å². The first-order valence-corrected chi connectivity index (χ1v) is 5.17. The number of hydrogen-bond acceptors (Lipinski definition) is 0. The molecule has 0 fully saturated rings. The number of benzene rings is 1. The molecule has 0 unspecified atom stereocenters. The molecule has 1 aromatic carbocycles. The summed E-state index contributed by atoms with van der Waals surface area (Å²) in [4.78, 5) is 2.80. The van der Waals surface area contributed by atoms with Crippen LogP contribution in [0.25, 0.3) is 12.2 Å². The molecule has 0 saturated carbocycles. The Hall–Kier alpha value is -0.726. The van der Waals surface area contributed by atoms with Gasteiger partial charge in [-0.1, -0.05) is 25.1 Å². The number of rotatable bonds is 0. The summed E-state index contributed by atoms with van der Waals surface area (Å²) in [5.41, 5.74) is 2.14. The Balaban J connectivity index is 0. The van der Waals surface area contributed by atoms with E-state index in [9.17, 15) is 0 Å². The molecular formula is C15H13Cl2NTi. The molecule has 1 N–H and O–H groups in total. The van der Waals surface area contributed by atoms with E-state index in [2.05, 4.69) is 29.9 Å². The summed E-state index contributed by atoms with van der Waals surface area (Å²) in [7, 11) is 0. The van der Waals surface area contributed by atoms with Gasteiger partial charge in [-0.3, -0.25) is 0 Å². The first-order valence-electron chi connectivity index (χ1n) is 5.17. The van der Waals surface area contributed by atoms with E-state index in [1.54, 1.807) is 0 Å². The van der Waals surface area contributed by atoms with Crippen molar-refractivity contribution in [3.8, 4) is 0 Å². The number of fused-ring (bicyclic) bond motifs is 1. The molecular weight excluding hydrogens is 313 g/mol. The maximum Gasteiger partial charge on any atom is 4.00 e. The number of nitrogens with one attached hydrogen (secondary N) is 1. The van der Waals surface area contributed by atoms with Crippen molar-refractivity contribution in [3.63, 3.8) is 0 Å². The van der Waals surface area contributed by atoms with Crippen molar-refractivity contribution in [1.82, 2.24) is 4.98 Å². The minimum absolute atomic E-state index is 0. The van der Waals surface area contributed by atoms with Crippen molar-refractivity contribution in [2.45, 2.75) is 6.92 Å². The largest absolute Gasteiger partial charge is 4.00 e. The normalized spacial score (nSPS) is 10.1. The summed E-state index contributed by atoms with van der Waals surface area (Å²) in [6.07, 6.45) is 9.92. The molecule has 1 aromatic heterocycles. The Morgan fingerprint density at radius 3 is 2.26 bits per heavy atom. The van der Waals surface area contributed by atoms with Gasteiger partial charge in [0.25, 0.3) is 0 Å². The number of aryl methyl sites for hydroxylation is 1. The molecule has 0 radical (unpaired) electrons. The van der Waals surface area contributed by atoms with Gasteiger partial charge < -0.3 is 29.8 Å². The van der Waals surface area contributed by atoms with Crippen LogP contribution < -0.4 is 35.3 Å². The second kappa shape index (κ2) is 10.1. The molecule has 0 bridgehead atoms. The number of H-pyrrole nitrogens is 1. The maximum atomic E-state index is 3.80. The zero-order valence-corrected chi connectivity index (χ0v) is 13.6. The molecule has 19 heavy (non-hydrogen) atoms. The molecule has 4 heteroatoms. The van der Waals surface area contributed by atoms with Gasteiger partial charge in [-0.15, -0.1) is 40.4 Å². The standard InChI is InChI=1S/C10H7.C5H6N.2ClH.Ti/c1-8-6-9-4-2-3-5-10(9)7-8;1-5-2-3-6-4-5;;;/h2-6H,1H2;2-3,6H,1H3;2*1H;/q2*-1;;;+4/p-2. The third kappa shape index (κ3) is 6.31. The minimum Gasteiger partial charge on any atom is -1.00 e. The van der Waals surface area contributed by atoms with Gasteiger partial charge in [0.15, 0.2) is 0 Å². The van der Waals surface area contributed by atoms with Crippen molar-refractivity contribution in [2.24, 2.45) is 0 Å². The predicted molar refractivity (Wildman–Crippen MR) is 67.1 cm³/mol. The van der Waals surface area contributed by atoms with Crippen LogP contribution in [0.5, 0.6) is 0 Å². The van der Waals surface area contributed by atoms with E-state index in [4.69, 9.17) is 0 Å². The first kappa shape index (κ1) is 20.6. The van der Waals surface area contributed by atoms with Gasteiger partial charge >= 0.3 is 21.7 Å². The Morgan fingerprint density at radius 1 is 1.11 bits per heavy atom. The van der Waals surface area contributed by atoms with Gasteiger partial charge in [0, 0.05) is 0 Å². The van der Waals surface area contributed by atoms with E-state index >= 15 is 0 Å². The zero-order valence-electron chi connectivity index (χ0n) is 10.5. The van der Waals surface area contributed by atoms with E-state index in [1.165, 1.54) is 5.22 Å². The molecule has 96 valence electrons. The van der Waals surface area contributed by atoms with Crippen molar-refractivity contribution >= 4 is 12.2 Å². The third-order valence-corrected chi connectivity index (χ3v) is 2.27. The fraction of sp³-hybridized carbons (Fsp3) is 0.0667. The van der Waals surface area contributed by atoms with Crippen molar-refractivity contribution in [2.75, 3.05) is 0 Å². The topological polar surface area (TPSA) is 15.8 Å². The summed E-state index contributed by atoms with van der Waals surface area (Å²) in [5.74, 6) is 0. The average molecular weight is 326 g/mol. The minimum atomic E-state index is 0. The molecule has 1 aliphatic carbocycles. The third-order valence-electron chi connectivity index (χ3n) is 2.27. The van der Waals surface area contributed by atoms with Crippen molar-refractivity contribution in [1.29, 1.82) is 0 Å². The first-order chi connectivity index (χ1) is 7.75. The number of hydrogen-bond donors (Lipinski definition) is 1. The summed E-state index contributed by atoms with van der Waals surface area (Å²) < 4.78 is 0. The molecule has 0 spiro atoms. The maximum absolute atomic E-state index is 3.80. The van der Waals surface area contributed by atoms with Crippen molar-refractivity contribution in [3.05, 3.63) is 70.9 Å². The van der Waals surface area contributed by atoms with Crippen LogP contribution in [0.4, 0.5) is 0 Å². The predicted octanol–water partition coefficient (Wildman–Crippen LogP) is -4.18. The summed E-state index contributed by atoms with van der Waals surface area (Å²) in [6, 6.07) is 10.1. The average Bonchev–Trinajstić information content (AvgIpc) is 2.86. The van der Waals surface area contributed by atoms with E-state index < -0.39 is 0 Å². The number of allylic oxidation sites excluding steroid dienone is 1. The molecule has 1 heterocycles. The molecule has 0 atom stereocenters. The van der Waals surface area contributed by atoms with Gasteiger partial charge in [-0.25, -0.2) is 0 Å². The molecule has 1 aliphatic rings. The fourth-order valence-electron chi connectivity index (χ4n) is 1.50. The fourth-order valence-corrected chi connectivity index (χ4v) is 1.50. The van der Waals surface area contributed by atoms with E-state index in [0.29, 0.717) is 0 Å². The van der Waals surface area contributed by atoms with Crippen LogP contribution in [0.3, 0.4) is 0 Å². The Bertz CT molecular complexity index is 566. The molecule has 0 saturated heterocycles. The van der Waals surface area contributed by atoms with Crippen LogP contribution in [0.15, 0.2) is 48.7 Å². The van der Waals surface area contributed by atoms with Crippen LogP contribution in [0, 0.1) is 13.1 Å². The van der Waals surface area contributed by atoms with Crippen LogP contribution in [-0.2, 0) is 21.7 Å². The van der Waals surface area contributed by atoms with Crippen LogP contribution in [-0.4, -0.2) is 4.98 Å². The Labute approximate surface area is 141 Å². The Kier molecular flexibility index (Phi) is 11.0. The summed E-state index contributed by atoms with van der Waals surface area (Å²) >= 11 is 0. The van der Waals surface area contributed by atoms with Gasteiger partial charge in [0.1, 0.15) is 0 Å². The van der Waals surface area contributed by atoms with Crippen LogP contribution in [0.1, 0.15) is 5.56 Å². The Morgan fingerprint density at radius 2 is 1.79 bits per heavy atom. The summed E-state index contributed by atoms with van der Waals surface area (Å²) in [6.45, 7) is 5.80. The quantitative estimate of drug-likeness (QED) is 0.374. The van der Waals surface area contributed by atoms with Gasteiger partial charge in [0.05, 0.1) is 0 Å². The van der Waals surface area contributed by atoms with E-state index in [1.807, 2.05) is 43.5 Å². The molecule has 0 aliphatic heterocycles. The number of aromatic nitrogens is 1. The number of halogens is 2.